The van der Waals surface area contributed by atoms with Crippen molar-refractivity contribution in [1.29, 1.82) is 0 Å². The fourth-order valence-corrected chi connectivity index (χ4v) is 1.29. The lowest BCUT2D eigenvalue weighted by Crippen LogP contribution is -2.10. The third kappa shape index (κ3) is 2.45. The highest BCUT2D eigenvalue weighted by Crippen LogP contribution is 2.22. The van der Waals surface area contributed by atoms with Crippen LogP contribution in [0.2, 0.25) is 0 Å². The summed E-state index contributed by atoms with van der Waals surface area (Å²) in [6.45, 7) is 4.77. The van der Waals surface area contributed by atoms with Gasteiger partial charge in [-0.2, -0.15) is 0 Å². The highest BCUT2D eigenvalue weighted by atomic mass is 19.1. The zero-order valence-corrected chi connectivity index (χ0v) is 8.59. The normalized spacial score (nSPS) is 12.6. The molecule has 0 aliphatic carbocycles. The maximum absolute atomic E-state index is 13.5. The lowest BCUT2D eigenvalue weighted by Gasteiger charge is -2.11. The minimum absolute atomic E-state index is 0.0469. The molecule has 1 atom stereocenters. The van der Waals surface area contributed by atoms with Gasteiger partial charge >= 0.3 is 0 Å². The van der Waals surface area contributed by atoms with Crippen LogP contribution in [0.3, 0.4) is 0 Å². The molecule has 0 fully saturated rings. The second-order valence-electron chi connectivity index (χ2n) is 3.25. The molecular formula is C11H16FNO. The highest BCUT2D eigenvalue weighted by Gasteiger charge is 2.09. The molecular weight excluding hydrogens is 181 g/mol. The van der Waals surface area contributed by atoms with Gasteiger partial charge < -0.3 is 10.5 Å². The molecule has 1 rings (SSSR count). The monoisotopic (exact) mass is 197 g/mol. The minimum Gasteiger partial charge on any atom is -0.494 e. The first-order valence-electron chi connectivity index (χ1n) is 4.81. The maximum atomic E-state index is 13.5. The van der Waals surface area contributed by atoms with Crippen molar-refractivity contribution in [2.45, 2.75) is 19.8 Å². The molecule has 14 heavy (non-hydrogen) atoms. The molecule has 0 heterocycles. The van der Waals surface area contributed by atoms with Crippen LogP contribution >= 0.6 is 0 Å². The summed E-state index contributed by atoms with van der Waals surface area (Å²) in [4.78, 5) is 0. The Kier molecular flexibility index (Phi) is 3.89. The molecule has 0 spiro atoms. The first-order chi connectivity index (χ1) is 6.69. The Bertz CT molecular complexity index is 301. The fourth-order valence-electron chi connectivity index (χ4n) is 1.29. The van der Waals surface area contributed by atoms with Crippen LogP contribution in [0.25, 0.3) is 0 Å². The van der Waals surface area contributed by atoms with Gasteiger partial charge in [0, 0.05) is 6.07 Å². The van der Waals surface area contributed by atoms with Gasteiger partial charge in [0.1, 0.15) is 11.6 Å². The van der Waals surface area contributed by atoms with Crippen LogP contribution in [0.15, 0.2) is 18.2 Å². The number of hydrogen-bond donors (Lipinski definition) is 1. The van der Waals surface area contributed by atoms with Gasteiger partial charge in [-0.3, -0.25) is 0 Å². The molecule has 0 bridgehead atoms. The molecule has 0 saturated carbocycles. The molecule has 3 heteroatoms. The lowest BCUT2D eigenvalue weighted by atomic mass is 10.0. The number of ether oxygens (including phenoxy) is 1. The third-order valence-electron chi connectivity index (χ3n) is 2.17. The number of benzene rings is 1. The van der Waals surface area contributed by atoms with Crippen LogP contribution in [0.1, 0.15) is 25.3 Å². The lowest BCUT2D eigenvalue weighted by molar-refractivity contribution is 0.338. The highest BCUT2D eigenvalue weighted by molar-refractivity contribution is 5.31. The topological polar surface area (TPSA) is 35.2 Å². The van der Waals surface area contributed by atoms with Gasteiger partial charge in [0.05, 0.1) is 6.61 Å². The van der Waals surface area contributed by atoms with E-state index in [1.54, 1.807) is 12.1 Å². The summed E-state index contributed by atoms with van der Waals surface area (Å²) in [6, 6.07) is 4.91. The van der Waals surface area contributed by atoms with Crippen molar-refractivity contribution in [3.8, 4) is 5.75 Å². The van der Waals surface area contributed by atoms with E-state index in [9.17, 15) is 4.39 Å². The molecule has 0 aliphatic heterocycles. The largest absolute Gasteiger partial charge is 0.494 e. The molecule has 1 aromatic rings. The van der Waals surface area contributed by atoms with Crippen LogP contribution in [0.5, 0.6) is 5.75 Å². The van der Waals surface area contributed by atoms with Crippen molar-refractivity contribution in [1.82, 2.24) is 0 Å². The van der Waals surface area contributed by atoms with Gasteiger partial charge in [0.25, 0.3) is 0 Å². The fraction of sp³-hybridized carbons (Fsp3) is 0.455. The number of hydrogen-bond acceptors (Lipinski definition) is 2. The van der Waals surface area contributed by atoms with Gasteiger partial charge in [0.2, 0.25) is 0 Å². The number of halogens is 1. The van der Waals surface area contributed by atoms with Gasteiger partial charge in [0.15, 0.2) is 0 Å². The molecule has 2 nitrogen and oxygen atoms in total. The van der Waals surface area contributed by atoms with Gasteiger partial charge in [-0.15, -0.1) is 0 Å². The Balaban J connectivity index is 2.89. The van der Waals surface area contributed by atoms with Crippen molar-refractivity contribution in [2.75, 3.05) is 13.2 Å². The summed E-state index contributed by atoms with van der Waals surface area (Å²) in [5.74, 6) is 0.373. The maximum Gasteiger partial charge on any atom is 0.130 e. The minimum atomic E-state index is -0.242. The average molecular weight is 197 g/mol. The van der Waals surface area contributed by atoms with E-state index in [4.69, 9.17) is 10.5 Å². The number of rotatable bonds is 4. The van der Waals surface area contributed by atoms with E-state index >= 15 is 0 Å². The number of nitrogens with two attached hydrogens (primary N) is 1. The Morgan fingerprint density at radius 2 is 2.21 bits per heavy atom. The van der Waals surface area contributed by atoms with Gasteiger partial charge in [-0.1, -0.05) is 13.0 Å². The molecule has 0 aromatic heterocycles. The summed E-state index contributed by atoms with van der Waals surface area (Å²) in [7, 11) is 0. The van der Waals surface area contributed by atoms with E-state index in [1.807, 2.05) is 13.8 Å². The Hall–Kier alpha value is -1.09. The summed E-state index contributed by atoms with van der Waals surface area (Å²) in [6.07, 6.45) is 0. The zero-order valence-electron chi connectivity index (χ0n) is 8.59. The summed E-state index contributed by atoms with van der Waals surface area (Å²) < 4.78 is 18.7. The summed E-state index contributed by atoms with van der Waals surface area (Å²) >= 11 is 0. The van der Waals surface area contributed by atoms with Crippen LogP contribution in [0.4, 0.5) is 4.39 Å². The van der Waals surface area contributed by atoms with Crippen LogP contribution in [-0.4, -0.2) is 13.2 Å². The predicted molar refractivity (Wildman–Crippen MR) is 55.0 cm³/mol. The molecule has 78 valence electrons. The first-order valence-corrected chi connectivity index (χ1v) is 4.81. The van der Waals surface area contributed by atoms with Crippen molar-refractivity contribution < 1.29 is 9.13 Å². The van der Waals surface area contributed by atoms with E-state index < -0.39 is 0 Å². The predicted octanol–water partition coefficient (Wildman–Crippen LogP) is 2.29. The zero-order chi connectivity index (χ0) is 10.6. The SMILES string of the molecule is CCOc1ccc(C(C)CN)c(F)c1. The third-order valence-corrected chi connectivity index (χ3v) is 2.17. The summed E-state index contributed by atoms with van der Waals surface area (Å²) in [5.41, 5.74) is 6.12. The van der Waals surface area contributed by atoms with E-state index in [1.165, 1.54) is 6.07 Å². The van der Waals surface area contributed by atoms with E-state index in [2.05, 4.69) is 0 Å². The molecule has 0 aliphatic rings. The second-order valence-corrected chi connectivity index (χ2v) is 3.25. The van der Waals surface area contributed by atoms with Crippen LogP contribution in [0, 0.1) is 5.82 Å². The molecule has 0 radical (unpaired) electrons. The van der Waals surface area contributed by atoms with E-state index in [-0.39, 0.29) is 11.7 Å². The first kappa shape index (κ1) is 11.0. The van der Waals surface area contributed by atoms with Crippen molar-refractivity contribution >= 4 is 0 Å². The standard InChI is InChI=1S/C11H16FNO/c1-3-14-9-4-5-10(8(2)7-13)11(12)6-9/h4-6,8H,3,7,13H2,1-2H3. The van der Waals surface area contributed by atoms with E-state index in [0.29, 0.717) is 24.5 Å². The quantitative estimate of drug-likeness (QED) is 0.803. The van der Waals surface area contributed by atoms with Gasteiger partial charge in [-0.25, -0.2) is 4.39 Å². The Morgan fingerprint density at radius 3 is 2.71 bits per heavy atom. The smallest absolute Gasteiger partial charge is 0.130 e. The van der Waals surface area contributed by atoms with Gasteiger partial charge in [-0.05, 0) is 31.0 Å². The van der Waals surface area contributed by atoms with Crippen molar-refractivity contribution in [3.05, 3.63) is 29.6 Å². The van der Waals surface area contributed by atoms with E-state index in [0.717, 1.165) is 0 Å². The van der Waals surface area contributed by atoms with Crippen molar-refractivity contribution in [3.63, 3.8) is 0 Å². The molecule has 1 unspecified atom stereocenters. The Morgan fingerprint density at radius 1 is 1.50 bits per heavy atom. The molecule has 1 aromatic carbocycles. The Labute approximate surface area is 83.9 Å². The average Bonchev–Trinajstić information content (AvgIpc) is 2.17. The van der Waals surface area contributed by atoms with Crippen LogP contribution < -0.4 is 10.5 Å². The summed E-state index contributed by atoms with van der Waals surface area (Å²) in [5, 5.41) is 0. The second kappa shape index (κ2) is 4.96. The molecule has 0 amide bonds. The molecule has 2 N–H and O–H groups in total. The van der Waals surface area contributed by atoms with Crippen molar-refractivity contribution in [2.24, 2.45) is 5.73 Å². The molecule has 0 saturated heterocycles. The van der Waals surface area contributed by atoms with Crippen LogP contribution in [-0.2, 0) is 0 Å².